The molecule has 1 aliphatic heterocycles. The minimum Gasteiger partial charge on any atom is -0.408 e. The molecule has 1 N–H and O–H groups in total. The smallest absolute Gasteiger partial charge is 0.318 e. The van der Waals surface area contributed by atoms with Crippen LogP contribution in [0.4, 0.5) is 6.01 Å². The number of ether oxygens (including phenoxy) is 1. The lowest BCUT2D eigenvalue weighted by Crippen LogP contribution is -2.44. The third-order valence-electron chi connectivity index (χ3n) is 2.38. The van der Waals surface area contributed by atoms with Crippen LogP contribution < -0.4 is 4.90 Å². The molecule has 1 atom stereocenters. The van der Waals surface area contributed by atoms with E-state index in [0.717, 1.165) is 0 Å². The van der Waals surface area contributed by atoms with Crippen LogP contribution in [0, 0.1) is 0 Å². The molecule has 1 fully saturated rings. The van der Waals surface area contributed by atoms with Crippen molar-refractivity contribution in [2.45, 2.75) is 12.5 Å². The molecule has 2 rings (SSSR count). The molecule has 0 amide bonds. The molecule has 0 spiro atoms. The Morgan fingerprint density at radius 1 is 1.50 bits per heavy atom. The fraction of sp³-hybridized carbons (Fsp3) is 0.778. The first-order chi connectivity index (χ1) is 7.83. The molecule has 16 heavy (non-hydrogen) atoms. The lowest BCUT2D eigenvalue weighted by Gasteiger charge is -2.30. The van der Waals surface area contributed by atoms with Gasteiger partial charge in [0.2, 0.25) is 5.89 Å². The van der Waals surface area contributed by atoms with Crippen LogP contribution in [0.5, 0.6) is 0 Å². The normalized spacial score (nSPS) is 21.4. The maximum Gasteiger partial charge on any atom is 0.318 e. The van der Waals surface area contributed by atoms with E-state index in [0.29, 0.717) is 43.9 Å². The molecule has 1 aromatic rings. The zero-order valence-corrected chi connectivity index (χ0v) is 9.56. The van der Waals surface area contributed by atoms with Gasteiger partial charge in [0.25, 0.3) is 0 Å². The van der Waals surface area contributed by atoms with Gasteiger partial charge < -0.3 is 19.2 Å². The topological polar surface area (TPSA) is 71.6 Å². The van der Waals surface area contributed by atoms with Crippen molar-refractivity contribution in [3.05, 3.63) is 5.89 Å². The lowest BCUT2D eigenvalue weighted by molar-refractivity contribution is 0.00224. The summed E-state index contributed by atoms with van der Waals surface area (Å²) in [5, 5.41) is 16.8. The summed E-state index contributed by atoms with van der Waals surface area (Å²) in [5.74, 6) is 1.00. The Morgan fingerprint density at radius 2 is 2.38 bits per heavy atom. The maximum absolute atomic E-state index is 9.01. The average molecular weight is 248 g/mol. The third kappa shape index (κ3) is 2.63. The summed E-state index contributed by atoms with van der Waals surface area (Å²) in [7, 11) is 0. The van der Waals surface area contributed by atoms with Gasteiger partial charge in [-0.25, -0.2) is 0 Å². The molecular formula is C9H14ClN3O3. The second-order valence-corrected chi connectivity index (χ2v) is 3.92. The molecule has 1 aliphatic rings. The number of aromatic nitrogens is 2. The van der Waals surface area contributed by atoms with Crippen molar-refractivity contribution >= 4 is 17.6 Å². The molecule has 1 saturated heterocycles. The summed E-state index contributed by atoms with van der Waals surface area (Å²) >= 11 is 5.58. The number of halogens is 1. The summed E-state index contributed by atoms with van der Waals surface area (Å²) in [5.41, 5.74) is 0. The van der Waals surface area contributed by atoms with E-state index < -0.39 is 0 Å². The summed E-state index contributed by atoms with van der Waals surface area (Å²) in [6.07, 6.45) is 0.389. The van der Waals surface area contributed by atoms with Gasteiger partial charge in [-0.2, -0.15) is 0 Å². The van der Waals surface area contributed by atoms with Crippen molar-refractivity contribution in [3.8, 4) is 0 Å². The van der Waals surface area contributed by atoms with Crippen molar-refractivity contribution in [3.63, 3.8) is 0 Å². The zero-order chi connectivity index (χ0) is 11.4. The Bertz CT molecular complexity index is 334. The summed E-state index contributed by atoms with van der Waals surface area (Å²) in [4.78, 5) is 1.91. The fourth-order valence-corrected chi connectivity index (χ4v) is 1.72. The summed E-state index contributed by atoms with van der Waals surface area (Å²) in [6.45, 7) is 1.82. The second-order valence-electron chi connectivity index (χ2n) is 3.54. The average Bonchev–Trinajstić information content (AvgIpc) is 2.78. The number of anilines is 1. The number of aryl methyl sites for hydroxylation is 1. The van der Waals surface area contributed by atoms with Crippen molar-refractivity contribution < 1.29 is 14.3 Å². The molecule has 0 saturated carbocycles. The number of aliphatic hydroxyl groups is 1. The Hall–Kier alpha value is -0.850. The van der Waals surface area contributed by atoms with E-state index >= 15 is 0 Å². The van der Waals surface area contributed by atoms with Crippen molar-refractivity contribution in [2.24, 2.45) is 0 Å². The lowest BCUT2D eigenvalue weighted by atomic mass is 10.3. The molecule has 1 aromatic heterocycles. The largest absolute Gasteiger partial charge is 0.408 e. The van der Waals surface area contributed by atoms with Crippen LogP contribution in [0.2, 0.25) is 0 Å². The van der Waals surface area contributed by atoms with Gasteiger partial charge >= 0.3 is 6.01 Å². The van der Waals surface area contributed by atoms with Crippen LogP contribution >= 0.6 is 11.6 Å². The molecule has 6 nitrogen and oxygen atoms in total. The van der Waals surface area contributed by atoms with Gasteiger partial charge in [0.05, 0.1) is 25.9 Å². The monoisotopic (exact) mass is 247 g/mol. The zero-order valence-electron chi connectivity index (χ0n) is 8.80. The van der Waals surface area contributed by atoms with Crippen molar-refractivity contribution in [1.29, 1.82) is 0 Å². The van der Waals surface area contributed by atoms with E-state index in [9.17, 15) is 0 Å². The number of morpholine rings is 1. The van der Waals surface area contributed by atoms with Crippen LogP contribution in [0.1, 0.15) is 5.89 Å². The van der Waals surface area contributed by atoms with Gasteiger partial charge in [0.1, 0.15) is 0 Å². The number of nitrogens with zero attached hydrogens (tertiary/aromatic N) is 3. The highest BCUT2D eigenvalue weighted by molar-refractivity contribution is 6.17. The predicted octanol–water partition coefficient (Wildman–Crippen LogP) is 0.0484. The molecule has 2 heterocycles. The Labute approximate surface area is 98.2 Å². The summed E-state index contributed by atoms with van der Waals surface area (Å²) < 4.78 is 10.8. The summed E-state index contributed by atoms with van der Waals surface area (Å²) in [6, 6.07) is 0.474. The van der Waals surface area contributed by atoms with Crippen molar-refractivity contribution in [1.82, 2.24) is 10.2 Å². The van der Waals surface area contributed by atoms with E-state index in [2.05, 4.69) is 10.2 Å². The van der Waals surface area contributed by atoms with Gasteiger partial charge in [0, 0.05) is 18.8 Å². The van der Waals surface area contributed by atoms with Gasteiger partial charge in [-0.1, -0.05) is 5.10 Å². The molecule has 1 unspecified atom stereocenters. The van der Waals surface area contributed by atoms with Gasteiger partial charge in [0.15, 0.2) is 0 Å². The highest BCUT2D eigenvalue weighted by Gasteiger charge is 2.23. The molecule has 7 heteroatoms. The van der Waals surface area contributed by atoms with Crippen molar-refractivity contribution in [2.75, 3.05) is 37.1 Å². The van der Waals surface area contributed by atoms with E-state index in [1.165, 1.54) is 0 Å². The van der Waals surface area contributed by atoms with Crippen LogP contribution in [-0.2, 0) is 11.2 Å². The number of hydrogen-bond donors (Lipinski definition) is 1. The van der Waals surface area contributed by atoms with E-state index in [1.54, 1.807) is 0 Å². The Morgan fingerprint density at radius 3 is 3.12 bits per heavy atom. The minimum absolute atomic E-state index is 0.000819. The number of hydrogen-bond acceptors (Lipinski definition) is 6. The van der Waals surface area contributed by atoms with Gasteiger partial charge in [-0.15, -0.1) is 16.7 Å². The fourth-order valence-electron chi connectivity index (χ4n) is 1.56. The van der Waals surface area contributed by atoms with Crippen LogP contribution in [-0.4, -0.2) is 53.6 Å². The number of alkyl halides is 1. The SMILES string of the molecule is OCC1CN(c2nnc(CCCl)o2)CCO1. The highest BCUT2D eigenvalue weighted by Crippen LogP contribution is 2.16. The standard InChI is InChI=1S/C9H14ClN3O3/c10-2-1-8-11-12-9(16-8)13-3-4-15-7(5-13)6-14/h7,14H,1-6H2. The third-order valence-corrected chi connectivity index (χ3v) is 2.57. The Balaban J connectivity index is 1.99. The van der Waals surface area contributed by atoms with E-state index in [1.807, 2.05) is 4.90 Å². The maximum atomic E-state index is 9.01. The first-order valence-electron chi connectivity index (χ1n) is 5.19. The van der Waals surface area contributed by atoms with E-state index in [-0.39, 0.29) is 12.7 Å². The highest BCUT2D eigenvalue weighted by atomic mass is 35.5. The first-order valence-corrected chi connectivity index (χ1v) is 5.72. The molecule has 0 bridgehead atoms. The second kappa shape index (κ2) is 5.47. The number of aliphatic hydroxyl groups excluding tert-OH is 1. The van der Waals surface area contributed by atoms with Crippen LogP contribution in [0.15, 0.2) is 4.42 Å². The Kier molecular flexibility index (Phi) is 3.98. The van der Waals surface area contributed by atoms with Gasteiger partial charge in [-0.05, 0) is 0 Å². The first kappa shape index (κ1) is 11.6. The molecule has 0 aromatic carbocycles. The van der Waals surface area contributed by atoms with Gasteiger partial charge in [-0.3, -0.25) is 0 Å². The van der Waals surface area contributed by atoms with Crippen LogP contribution in [0.3, 0.4) is 0 Å². The number of rotatable bonds is 4. The molecular weight excluding hydrogens is 234 g/mol. The molecule has 90 valence electrons. The molecule has 0 radical (unpaired) electrons. The molecule has 0 aliphatic carbocycles. The minimum atomic E-state index is -0.183. The quantitative estimate of drug-likeness (QED) is 0.758. The van der Waals surface area contributed by atoms with Crippen LogP contribution in [0.25, 0.3) is 0 Å². The van der Waals surface area contributed by atoms with E-state index in [4.69, 9.17) is 25.9 Å². The predicted molar refractivity (Wildman–Crippen MR) is 57.8 cm³/mol.